The van der Waals surface area contributed by atoms with E-state index in [-0.39, 0.29) is 29.6 Å². The molecule has 7 nitrogen and oxygen atoms in total. The molecule has 7 atom stereocenters. The SMILES string of the molecule is CC/C=C\[C@H](C)[C@H](OC(N)=O)[C@@H](C)[C@H](O)CC/C=C\[C@H](C)[C@@H](O)[C@@H](C)/C=C\CCCOC(=O)C(C)(C)C. The average molecular weight is 524 g/mol. The van der Waals surface area contributed by atoms with Gasteiger partial charge in [-0.1, -0.05) is 71.1 Å². The number of carbonyl (C=O) groups excluding carboxylic acids is 2. The van der Waals surface area contributed by atoms with Crippen LogP contribution in [0.3, 0.4) is 0 Å². The predicted octanol–water partition coefficient (Wildman–Crippen LogP) is 5.94. The van der Waals surface area contributed by atoms with Gasteiger partial charge in [0.1, 0.15) is 6.10 Å². The van der Waals surface area contributed by atoms with Crippen molar-refractivity contribution in [2.24, 2.45) is 34.8 Å². The second-order valence-electron chi connectivity index (χ2n) is 11.2. The fourth-order valence-corrected chi connectivity index (χ4v) is 3.95. The van der Waals surface area contributed by atoms with Crippen molar-refractivity contribution in [2.45, 2.75) is 106 Å². The minimum atomic E-state index is -0.837. The van der Waals surface area contributed by atoms with E-state index in [1.54, 1.807) is 0 Å². The first-order valence-corrected chi connectivity index (χ1v) is 13.7. The van der Waals surface area contributed by atoms with Crippen LogP contribution >= 0.6 is 0 Å². The molecule has 0 aromatic carbocycles. The number of hydrogen-bond donors (Lipinski definition) is 3. The van der Waals surface area contributed by atoms with E-state index in [2.05, 4.69) is 0 Å². The van der Waals surface area contributed by atoms with Gasteiger partial charge in [-0.15, -0.1) is 0 Å². The average Bonchev–Trinajstić information content (AvgIpc) is 2.83. The van der Waals surface area contributed by atoms with Gasteiger partial charge in [-0.2, -0.15) is 0 Å². The minimum absolute atomic E-state index is 0.0215. The van der Waals surface area contributed by atoms with Crippen LogP contribution in [-0.2, 0) is 14.3 Å². The first kappa shape index (κ1) is 34.9. The Morgan fingerprint density at radius 1 is 0.892 bits per heavy atom. The first-order valence-electron chi connectivity index (χ1n) is 13.7. The maximum Gasteiger partial charge on any atom is 0.404 e. The zero-order valence-electron chi connectivity index (χ0n) is 24.4. The van der Waals surface area contributed by atoms with Gasteiger partial charge in [0.05, 0.1) is 24.2 Å². The molecule has 0 aliphatic rings. The summed E-state index contributed by atoms with van der Waals surface area (Å²) in [6, 6.07) is 0. The third kappa shape index (κ3) is 15.0. The summed E-state index contributed by atoms with van der Waals surface area (Å²) in [5.74, 6) is -0.599. The molecule has 0 fully saturated rings. The molecule has 0 heterocycles. The predicted molar refractivity (Wildman–Crippen MR) is 150 cm³/mol. The van der Waals surface area contributed by atoms with E-state index in [1.165, 1.54) is 0 Å². The third-order valence-corrected chi connectivity index (χ3v) is 6.52. The molecule has 7 heteroatoms. The summed E-state index contributed by atoms with van der Waals surface area (Å²) in [7, 11) is 0. The molecule has 4 N–H and O–H groups in total. The molecule has 1 amide bonds. The minimum Gasteiger partial charge on any atom is -0.465 e. The maximum absolute atomic E-state index is 11.8. The molecule has 0 rings (SSSR count). The Hall–Kier alpha value is -2.12. The van der Waals surface area contributed by atoms with Gasteiger partial charge in [0, 0.05) is 23.7 Å². The van der Waals surface area contributed by atoms with Crippen molar-refractivity contribution in [1.29, 1.82) is 0 Å². The summed E-state index contributed by atoms with van der Waals surface area (Å²) in [5.41, 5.74) is 4.77. The molecular weight excluding hydrogens is 470 g/mol. The van der Waals surface area contributed by atoms with E-state index >= 15 is 0 Å². The first-order chi connectivity index (χ1) is 17.2. The summed E-state index contributed by atoms with van der Waals surface area (Å²) < 4.78 is 10.6. The molecule has 0 aromatic heterocycles. The van der Waals surface area contributed by atoms with Gasteiger partial charge in [0.2, 0.25) is 0 Å². The van der Waals surface area contributed by atoms with Crippen LogP contribution in [0.4, 0.5) is 4.79 Å². The molecule has 0 unspecified atom stereocenters. The second kappa shape index (κ2) is 18.2. The number of primary amides is 1. The van der Waals surface area contributed by atoms with Crippen LogP contribution in [0, 0.1) is 29.1 Å². The summed E-state index contributed by atoms with van der Waals surface area (Å²) in [4.78, 5) is 23.1. The van der Waals surface area contributed by atoms with Crippen molar-refractivity contribution in [3.8, 4) is 0 Å². The molecule has 0 aliphatic carbocycles. The molecule has 0 spiro atoms. The highest BCUT2D eigenvalue weighted by atomic mass is 16.6. The highest BCUT2D eigenvalue weighted by molar-refractivity contribution is 5.75. The molecule has 0 aliphatic heterocycles. The lowest BCUT2D eigenvalue weighted by molar-refractivity contribution is -0.153. The van der Waals surface area contributed by atoms with Gasteiger partial charge < -0.3 is 25.4 Å². The van der Waals surface area contributed by atoms with E-state index in [4.69, 9.17) is 15.2 Å². The lowest BCUT2D eigenvalue weighted by atomic mass is 9.86. The number of amides is 1. The summed E-state index contributed by atoms with van der Waals surface area (Å²) in [6.45, 7) is 15.7. The fraction of sp³-hybridized carbons (Fsp3) is 0.733. The Morgan fingerprint density at radius 2 is 1.43 bits per heavy atom. The summed E-state index contributed by atoms with van der Waals surface area (Å²) in [5, 5.41) is 21.3. The number of allylic oxidation sites excluding steroid dienone is 3. The Labute approximate surface area is 225 Å². The van der Waals surface area contributed by atoms with Crippen molar-refractivity contribution in [1.82, 2.24) is 0 Å². The zero-order chi connectivity index (χ0) is 28.6. The second-order valence-corrected chi connectivity index (χ2v) is 11.2. The van der Waals surface area contributed by atoms with Crippen molar-refractivity contribution in [3.05, 3.63) is 36.5 Å². The van der Waals surface area contributed by atoms with Crippen LogP contribution in [0.5, 0.6) is 0 Å². The third-order valence-electron chi connectivity index (χ3n) is 6.52. The van der Waals surface area contributed by atoms with E-state index < -0.39 is 29.8 Å². The fourth-order valence-electron chi connectivity index (χ4n) is 3.95. The number of esters is 1. The zero-order valence-corrected chi connectivity index (χ0v) is 24.4. The summed E-state index contributed by atoms with van der Waals surface area (Å²) in [6.07, 6.45) is 13.0. The van der Waals surface area contributed by atoms with Crippen molar-refractivity contribution in [2.75, 3.05) is 6.61 Å². The smallest absolute Gasteiger partial charge is 0.404 e. The molecule has 37 heavy (non-hydrogen) atoms. The number of carbonyl (C=O) groups is 2. The van der Waals surface area contributed by atoms with E-state index in [0.29, 0.717) is 19.4 Å². The number of aliphatic hydroxyl groups excluding tert-OH is 2. The molecule has 0 saturated carbocycles. The van der Waals surface area contributed by atoms with E-state index in [0.717, 1.165) is 19.3 Å². The molecule has 0 saturated heterocycles. The molecule has 0 bridgehead atoms. The Kier molecular flexibility index (Phi) is 17.1. The molecule has 0 aromatic rings. The van der Waals surface area contributed by atoms with E-state index in [9.17, 15) is 19.8 Å². The van der Waals surface area contributed by atoms with Crippen molar-refractivity contribution in [3.63, 3.8) is 0 Å². The van der Waals surface area contributed by atoms with Gasteiger partial charge in [-0.05, 0) is 52.9 Å². The van der Waals surface area contributed by atoms with Crippen LogP contribution in [-0.4, -0.2) is 47.2 Å². The number of ether oxygens (including phenoxy) is 2. The molecule has 214 valence electrons. The van der Waals surface area contributed by atoms with Crippen LogP contribution in [0.15, 0.2) is 36.5 Å². The standard InChI is InChI=1S/C30H53NO6/c1-9-10-16-23(4)27(37-29(31)35)24(5)25(32)19-14-13-18-22(3)26(33)21(2)17-12-11-15-20-36-28(34)30(6,7)8/h10,12-13,16-18,21-27,32-33H,9,11,14-15,19-20H2,1-8H3,(H2,31,35)/b16-10-,17-12-,18-13-/t21-,22-,23-,24-,25+,26-,27-/m0/s1. The van der Waals surface area contributed by atoms with Crippen molar-refractivity contribution < 1.29 is 29.3 Å². The van der Waals surface area contributed by atoms with Crippen LogP contribution in [0.1, 0.15) is 87.5 Å². The Balaban J connectivity index is 4.58. The van der Waals surface area contributed by atoms with Crippen LogP contribution in [0.2, 0.25) is 0 Å². The van der Waals surface area contributed by atoms with Gasteiger partial charge in [0.15, 0.2) is 0 Å². The van der Waals surface area contributed by atoms with Gasteiger partial charge >= 0.3 is 12.1 Å². The maximum atomic E-state index is 11.8. The highest BCUT2D eigenvalue weighted by Gasteiger charge is 2.30. The number of unbranched alkanes of at least 4 members (excludes halogenated alkanes) is 1. The lowest BCUT2D eigenvalue weighted by Crippen LogP contribution is -2.38. The molecule has 0 radical (unpaired) electrons. The highest BCUT2D eigenvalue weighted by Crippen LogP contribution is 2.24. The largest absolute Gasteiger partial charge is 0.465 e. The lowest BCUT2D eigenvalue weighted by Gasteiger charge is -2.30. The summed E-state index contributed by atoms with van der Waals surface area (Å²) >= 11 is 0. The monoisotopic (exact) mass is 523 g/mol. The van der Waals surface area contributed by atoms with Crippen LogP contribution in [0.25, 0.3) is 0 Å². The number of nitrogens with two attached hydrogens (primary N) is 1. The Morgan fingerprint density at radius 3 is 1.95 bits per heavy atom. The molecular formula is C30H53NO6. The Bertz CT molecular complexity index is 739. The van der Waals surface area contributed by atoms with Gasteiger partial charge in [0.25, 0.3) is 0 Å². The van der Waals surface area contributed by atoms with Crippen molar-refractivity contribution >= 4 is 12.1 Å². The quantitative estimate of drug-likeness (QED) is 0.123. The number of hydrogen-bond acceptors (Lipinski definition) is 6. The van der Waals surface area contributed by atoms with Gasteiger partial charge in [-0.3, -0.25) is 4.79 Å². The number of rotatable bonds is 17. The van der Waals surface area contributed by atoms with Crippen LogP contribution < -0.4 is 5.73 Å². The topological polar surface area (TPSA) is 119 Å². The van der Waals surface area contributed by atoms with E-state index in [1.807, 2.05) is 91.8 Å². The van der Waals surface area contributed by atoms with Gasteiger partial charge in [-0.25, -0.2) is 4.79 Å². The normalized spacial score (nSPS) is 18.4. The number of aliphatic hydroxyl groups is 2.